The van der Waals surface area contributed by atoms with E-state index < -0.39 is 56.6 Å². The number of aliphatic hydroxyl groups is 1. The molecule has 1 aromatic carbocycles. The minimum absolute atomic E-state index is 0.0761. The molecule has 5 N–H and O–H groups in total. The van der Waals surface area contributed by atoms with Crippen molar-refractivity contribution in [1.82, 2.24) is 24.6 Å². The SMILES string of the molecule is CNc1nc(N)nc2c1ncn2[C@@H]1OC(CO[P@](=O)(N[C@H](C)C(=O)OC(C)C)Oc2ccccc2)[C@@H](O)[C@@]1(C)F. The number of ether oxygens (including phenoxy) is 2. The average molecular weight is 582 g/mol. The number of aliphatic hydroxyl groups excluding tert-OH is 1. The number of imidazole rings is 1. The van der Waals surface area contributed by atoms with Gasteiger partial charge in [-0.05, 0) is 39.8 Å². The summed E-state index contributed by atoms with van der Waals surface area (Å²) in [4.78, 5) is 24.8. The van der Waals surface area contributed by atoms with Crippen LogP contribution in [-0.4, -0.2) is 74.3 Å². The number of fused-ring (bicyclic) bond motifs is 1. The minimum atomic E-state index is -4.28. The molecule has 0 bridgehead atoms. The van der Waals surface area contributed by atoms with Crippen molar-refractivity contribution in [2.24, 2.45) is 0 Å². The monoisotopic (exact) mass is 581 g/mol. The first-order valence-electron chi connectivity index (χ1n) is 12.5. The lowest BCUT2D eigenvalue weighted by molar-refractivity contribution is -0.149. The lowest BCUT2D eigenvalue weighted by Gasteiger charge is -2.25. The standard InChI is InChI=1S/C24H33FN7O7P/c1-13(2)37-21(34)14(3)31-40(35,39-15-9-7-6-8-10-15)36-11-16-18(33)24(4,25)22(38-16)32-12-28-17-19(27-5)29-23(26)30-20(17)32/h6-10,12-14,16,18,22,33H,11H2,1-5H3,(H,31,35)(H3,26,27,29,30)/t14-,16?,18-,22-,24-,40-/m1/s1. The molecule has 1 fully saturated rings. The van der Waals surface area contributed by atoms with Crippen LogP contribution in [0.5, 0.6) is 5.75 Å². The molecule has 0 amide bonds. The topological polar surface area (TPSA) is 185 Å². The molecule has 0 spiro atoms. The molecule has 218 valence electrons. The molecular formula is C24H33FN7O7P. The summed E-state index contributed by atoms with van der Waals surface area (Å²) in [6.45, 7) is 5.37. The number of nitrogens with two attached hydrogens (primary N) is 1. The van der Waals surface area contributed by atoms with Crippen molar-refractivity contribution in [3.63, 3.8) is 0 Å². The van der Waals surface area contributed by atoms with Crippen molar-refractivity contribution in [2.75, 3.05) is 24.7 Å². The van der Waals surface area contributed by atoms with Crippen LogP contribution in [0.4, 0.5) is 16.2 Å². The van der Waals surface area contributed by atoms with Crippen LogP contribution in [-0.2, 0) is 23.4 Å². The number of anilines is 2. The van der Waals surface area contributed by atoms with Gasteiger partial charge >= 0.3 is 13.7 Å². The van der Waals surface area contributed by atoms with Crippen molar-refractivity contribution in [2.45, 2.75) is 63.9 Å². The first kappa shape index (κ1) is 29.6. The lowest BCUT2D eigenvalue weighted by Crippen LogP contribution is -2.41. The lowest BCUT2D eigenvalue weighted by atomic mass is 9.98. The highest BCUT2D eigenvalue weighted by molar-refractivity contribution is 7.52. The molecule has 6 atom stereocenters. The number of nitrogen functional groups attached to an aromatic ring is 1. The van der Waals surface area contributed by atoms with Gasteiger partial charge in [0.25, 0.3) is 0 Å². The van der Waals surface area contributed by atoms with Crippen molar-refractivity contribution in [3.8, 4) is 5.75 Å². The highest BCUT2D eigenvalue weighted by atomic mass is 31.2. The number of nitrogens with one attached hydrogen (secondary N) is 2. The largest absolute Gasteiger partial charge is 0.462 e. The fraction of sp³-hybridized carbons (Fsp3) is 0.500. The van der Waals surface area contributed by atoms with Gasteiger partial charge in [-0.3, -0.25) is 13.9 Å². The Hall–Kier alpha value is -3.36. The average Bonchev–Trinajstić information content (AvgIpc) is 3.40. The molecule has 0 aliphatic carbocycles. The second-order valence-electron chi connectivity index (χ2n) is 9.66. The van der Waals surface area contributed by atoms with Crippen LogP contribution in [0.15, 0.2) is 36.7 Å². The smallest absolute Gasteiger partial charge is 0.459 e. The van der Waals surface area contributed by atoms with E-state index in [2.05, 4.69) is 25.4 Å². The van der Waals surface area contributed by atoms with Crippen molar-refractivity contribution in [1.29, 1.82) is 0 Å². The van der Waals surface area contributed by atoms with E-state index in [4.69, 9.17) is 24.3 Å². The number of rotatable bonds is 11. The van der Waals surface area contributed by atoms with Gasteiger partial charge in [0.1, 0.15) is 24.0 Å². The molecule has 0 saturated carbocycles. The number of alkyl halides is 1. The first-order valence-corrected chi connectivity index (χ1v) is 14.1. The van der Waals surface area contributed by atoms with Crippen molar-refractivity contribution in [3.05, 3.63) is 36.7 Å². The maximum Gasteiger partial charge on any atom is 0.459 e. The number of halogens is 1. The zero-order valence-corrected chi connectivity index (χ0v) is 23.5. The molecule has 16 heteroatoms. The van der Waals surface area contributed by atoms with Gasteiger partial charge in [0.05, 0.1) is 19.0 Å². The Morgan fingerprint density at radius 3 is 2.65 bits per heavy atom. The molecule has 3 aromatic rings. The number of carbonyl (C=O) groups excluding carboxylic acids is 1. The summed E-state index contributed by atoms with van der Waals surface area (Å²) < 4.78 is 53.2. The Morgan fingerprint density at radius 2 is 2.00 bits per heavy atom. The molecule has 2 aromatic heterocycles. The molecule has 1 saturated heterocycles. The van der Waals surface area contributed by atoms with E-state index >= 15 is 4.39 Å². The normalized spacial score (nSPS) is 25.1. The third-order valence-electron chi connectivity index (χ3n) is 6.08. The number of hydrogen-bond acceptors (Lipinski definition) is 12. The molecule has 14 nitrogen and oxygen atoms in total. The zero-order valence-electron chi connectivity index (χ0n) is 22.6. The molecular weight excluding hydrogens is 548 g/mol. The summed E-state index contributed by atoms with van der Waals surface area (Å²) in [7, 11) is -2.66. The number of esters is 1. The van der Waals surface area contributed by atoms with Gasteiger partial charge in [-0.1, -0.05) is 18.2 Å². The minimum Gasteiger partial charge on any atom is -0.462 e. The van der Waals surface area contributed by atoms with Gasteiger partial charge in [-0.2, -0.15) is 15.1 Å². The second-order valence-corrected chi connectivity index (χ2v) is 11.4. The van der Waals surface area contributed by atoms with Crippen LogP contribution < -0.4 is 20.7 Å². The summed E-state index contributed by atoms with van der Waals surface area (Å²) >= 11 is 0. The van der Waals surface area contributed by atoms with Crippen LogP contribution >= 0.6 is 7.75 Å². The summed E-state index contributed by atoms with van der Waals surface area (Å²) in [6, 6.07) is 7.05. The molecule has 1 aliphatic heterocycles. The van der Waals surface area contributed by atoms with Crippen molar-refractivity contribution < 1.29 is 37.4 Å². The molecule has 40 heavy (non-hydrogen) atoms. The van der Waals surface area contributed by atoms with E-state index in [1.54, 1.807) is 51.2 Å². The molecule has 1 aliphatic rings. The Morgan fingerprint density at radius 1 is 1.30 bits per heavy atom. The zero-order chi connectivity index (χ0) is 29.2. The van der Waals surface area contributed by atoms with Crippen LogP contribution in [0.2, 0.25) is 0 Å². The second kappa shape index (κ2) is 11.6. The fourth-order valence-corrected chi connectivity index (χ4v) is 5.64. The van der Waals surface area contributed by atoms with Gasteiger partial charge < -0.3 is 30.2 Å². The van der Waals surface area contributed by atoms with Crippen LogP contribution in [0.3, 0.4) is 0 Å². The maximum atomic E-state index is 16.0. The first-order chi connectivity index (χ1) is 18.8. The maximum absolute atomic E-state index is 16.0. The summed E-state index contributed by atoms with van der Waals surface area (Å²) in [5, 5.41) is 16.2. The number of para-hydroxylation sites is 1. The number of nitrogens with zero attached hydrogens (tertiary/aromatic N) is 4. The van der Waals surface area contributed by atoms with Crippen molar-refractivity contribution >= 4 is 36.6 Å². The van der Waals surface area contributed by atoms with E-state index in [-0.39, 0.29) is 17.3 Å². The highest BCUT2D eigenvalue weighted by Crippen LogP contribution is 2.48. The predicted octanol–water partition coefficient (Wildman–Crippen LogP) is 2.57. The Balaban J connectivity index is 1.56. The molecule has 4 rings (SSSR count). The quantitative estimate of drug-likeness (QED) is 0.191. The van der Waals surface area contributed by atoms with Gasteiger partial charge in [0.15, 0.2) is 28.9 Å². The molecule has 3 heterocycles. The summed E-state index contributed by atoms with van der Waals surface area (Å²) in [5.41, 5.74) is 3.94. The fourth-order valence-electron chi connectivity index (χ4n) is 4.14. The van der Waals surface area contributed by atoms with Gasteiger partial charge in [-0.15, -0.1) is 0 Å². The predicted molar refractivity (Wildman–Crippen MR) is 143 cm³/mol. The van der Waals surface area contributed by atoms with Crippen LogP contribution in [0.25, 0.3) is 11.2 Å². The third-order valence-corrected chi connectivity index (χ3v) is 7.72. The van der Waals surface area contributed by atoms with Gasteiger partial charge in [-0.25, -0.2) is 13.9 Å². The Kier molecular flexibility index (Phi) is 8.61. The summed E-state index contributed by atoms with van der Waals surface area (Å²) in [6.07, 6.45) is -3.52. The van der Waals surface area contributed by atoms with E-state index in [0.29, 0.717) is 11.3 Å². The van der Waals surface area contributed by atoms with Gasteiger partial charge in [0.2, 0.25) is 5.95 Å². The van der Waals surface area contributed by atoms with Crippen LogP contribution in [0, 0.1) is 0 Å². The molecule has 1 unspecified atom stereocenters. The Labute approximate surface area is 230 Å². The highest BCUT2D eigenvalue weighted by Gasteiger charge is 2.56. The van der Waals surface area contributed by atoms with Crippen LogP contribution in [0.1, 0.15) is 33.9 Å². The van der Waals surface area contributed by atoms with E-state index in [1.807, 2.05) is 0 Å². The third kappa shape index (κ3) is 6.18. The number of benzene rings is 1. The molecule has 0 radical (unpaired) electrons. The number of carbonyl (C=O) groups is 1. The van der Waals surface area contributed by atoms with E-state index in [0.717, 1.165) is 6.92 Å². The number of aromatic nitrogens is 4. The summed E-state index contributed by atoms with van der Waals surface area (Å²) in [5.74, 6) is -0.243. The van der Waals surface area contributed by atoms with E-state index in [1.165, 1.54) is 17.8 Å². The van der Waals surface area contributed by atoms with E-state index in [9.17, 15) is 14.5 Å². The number of hydrogen-bond donors (Lipinski definition) is 4. The van der Waals surface area contributed by atoms with Gasteiger partial charge in [0, 0.05) is 7.05 Å². The Bertz CT molecular complexity index is 1390.